The molecule has 10 heavy (non-hydrogen) atoms. The molecule has 0 saturated carbocycles. The summed E-state index contributed by atoms with van der Waals surface area (Å²) in [6.07, 6.45) is 1.43. The maximum absolute atomic E-state index is 12.2. The summed E-state index contributed by atoms with van der Waals surface area (Å²) in [6.45, 7) is 0. The first-order chi connectivity index (χ1) is 4.74. The molecule has 0 atom stereocenters. The monoisotopic (exact) mass is 140 g/mol. The summed E-state index contributed by atoms with van der Waals surface area (Å²) in [7, 11) is 0. The molecule has 3 nitrogen and oxygen atoms in total. The zero-order chi connectivity index (χ0) is 7.56. The number of hydrogen-bond acceptors (Lipinski definition) is 3. The molecule has 0 saturated heterocycles. The van der Waals surface area contributed by atoms with E-state index in [2.05, 4.69) is 4.98 Å². The number of nitrogens with zero attached hydrogens (tertiary/aromatic N) is 1. The van der Waals surface area contributed by atoms with Gasteiger partial charge < -0.3 is 5.73 Å². The van der Waals surface area contributed by atoms with Gasteiger partial charge in [0.1, 0.15) is 11.5 Å². The summed E-state index contributed by atoms with van der Waals surface area (Å²) >= 11 is 0. The largest absolute Gasteiger partial charge is 0.397 e. The number of aromatic nitrogens is 1. The molecule has 0 aliphatic heterocycles. The SMILES string of the molecule is Nc1cc(F)cnc1C=O. The number of hydrogen-bond donors (Lipinski definition) is 1. The number of aldehydes is 1. The minimum Gasteiger partial charge on any atom is -0.397 e. The van der Waals surface area contributed by atoms with Crippen LogP contribution in [0, 0.1) is 5.82 Å². The zero-order valence-electron chi connectivity index (χ0n) is 5.04. The van der Waals surface area contributed by atoms with Gasteiger partial charge in [-0.1, -0.05) is 0 Å². The van der Waals surface area contributed by atoms with Crippen LogP contribution >= 0.6 is 0 Å². The first kappa shape index (κ1) is 6.67. The molecule has 0 aromatic carbocycles. The molecule has 2 N–H and O–H groups in total. The number of rotatable bonds is 1. The number of pyridine rings is 1. The lowest BCUT2D eigenvalue weighted by Gasteiger charge is -1.94. The smallest absolute Gasteiger partial charge is 0.170 e. The van der Waals surface area contributed by atoms with Crippen molar-refractivity contribution in [3.05, 3.63) is 23.8 Å². The highest BCUT2D eigenvalue weighted by atomic mass is 19.1. The third-order valence-corrected chi connectivity index (χ3v) is 1.03. The fourth-order valence-corrected chi connectivity index (χ4v) is 0.564. The van der Waals surface area contributed by atoms with E-state index in [9.17, 15) is 9.18 Å². The van der Waals surface area contributed by atoms with Crippen LogP contribution in [-0.4, -0.2) is 11.3 Å². The molecule has 0 unspecified atom stereocenters. The minimum absolute atomic E-state index is 0.0648. The van der Waals surface area contributed by atoms with Crippen LogP contribution in [0.25, 0.3) is 0 Å². The van der Waals surface area contributed by atoms with E-state index in [1.807, 2.05) is 0 Å². The Morgan fingerprint density at radius 2 is 2.40 bits per heavy atom. The number of nitrogens with two attached hydrogens (primary N) is 1. The van der Waals surface area contributed by atoms with Crippen LogP contribution < -0.4 is 5.73 Å². The highest BCUT2D eigenvalue weighted by Crippen LogP contribution is 2.06. The summed E-state index contributed by atoms with van der Waals surface area (Å²) in [6, 6.07) is 1.05. The van der Waals surface area contributed by atoms with Gasteiger partial charge in [0.25, 0.3) is 0 Å². The molecule has 1 aromatic rings. The first-order valence-electron chi connectivity index (χ1n) is 2.60. The molecule has 52 valence electrons. The lowest BCUT2D eigenvalue weighted by atomic mass is 10.3. The van der Waals surface area contributed by atoms with Crippen molar-refractivity contribution in [2.45, 2.75) is 0 Å². The Balaban J connectivity index is 3.19. The summed E-state index contributed by atoms with van der Waals surface area (Å²) in [5.74, 6) is -0.539. The summed E-state index contributed by atoms with van der Waals surface area (Å²) < 4.78 is 12.2. The van der Waals surface area contributed by atoms with Crippen LogP contribution in [0.2, 0.25) is 0 Å². The van der Waals surface area contributed by atoms with Crippen LogP contribution in [0.3, 0.4) is 0 Å². The van der Waals surface area contributed by atoms with E-state index in [1.165, 1.54) is 0 Å². The maximum atomic E-state index is 12.2. The zero-order valence-corrected chi connectivity index (χ0v) is 5.04. The van der Waals surface area contributed by atoms with Gasteiger partial charge in [0, 0.05) is 6.07 Å². The van der Waals surface area contributed by atoms with E-state index in [0.29, 0.717) is 6.29 Å². The molecule has 0 spiro atoms. The van der Waals surface area contributed by atoms with Crippen LogP contribution in [0.4, 0.5) is 10.1 Å². The van der Waals surface area contributed by atoms with E-state index < -0.39 is 5.82 Å². The third kappa shape index (κ3) is 1.10. The van der Waals surface area contributed by atoms with Gasteiger partial charge in [-0.05, 0) is 0 Å². The average Bonchev–Trinajstić information content (AvgIpc) is 1.88. The molecule has 0 radical (unpaired) electrons. The highest BCUT2D eigenvalue weighted by molar-refractivity contribution is 5.79. The van der Waals surface area contributed by atoms with E-state index in [-0.39, 0.29) is 11.4 Å². The molecule has 1 aromatic heterocycles. The molecular formula is C6H5FN2O. The third-order valence-electron chi connectivity index (χ3n) is 1.03. The molecule has 0 aliphatic rings. The number of carbonyl (C=O) groups excluding carboxylic acids is 1. The fourth-order valence-electron chi connectivity index (χ4n) is 0.564. The van der Waals surface area contributed by atoms with Crippen molar-refractivity contribution in [3.63, 3.8) is 0 Å². The molecule has 0 amide bonds. The molecular weight excluding hydrogens is 135 g/mol. The lowest BCUT2D eigenvalue weighted by molar-refractivity contribution is 0.112. The van der Waals surface area contributed by atoms with Gasteiger partial charge in [-0.15, -0.1) is 0 Å². The lowest BCUT2D eigenvalue weighted by Crippen LogP contribution is -1.96. The van der Waals surface area contributed by atoms with Crippen molar-refractivity contribution in [3.8, 4) is 0 Å². The first-order valence-corrected chi connectivity index (χ1v) is 2.60. The standard InChI is InChI=1S/C6H5FN2O/c7-4-1-5(8)6(3-10)9-2-4/h1-3H,8H2. The predicted octanol–water partition coefficient (Wildman–Crippen LogP) is 0.615. The molecule has 0 aliphatic carbocycles. The summed E-state index contributed by atoms with van der Waals surface area (Å²) in [5, 5.41) is 0. The van der Waals surface area contributed by atoms with Crippen LogP contribution in [0.1, 0.15) is 10.5 Å². The Bertz CT molecular complexity index is 262. The van der Waals surface area contributed by atoms with Crippen LogP contribution in [0.5, 0.6) is 0 Å². The van der Waals surface area contributed by atoms with Gasteiger partial charge in [0.05, 0.1) is 11.9 Å². The maximum Gasteiger partial charge on any atom is 0.170 e. The van der Waals surface area contributed by atoms with Crippen LogP contribution in [0.15, 0.2) is 12.3 Å². The van der Waals surface area contributed by atoms with Crippen molar-refractivity contribution < 1.29 is 9.18 Å². The van der Waals surface area contributed by atoms with E-state index in [0.717, 1.165) is 12.3 Å². The van der Waals surface area contributed by atoms with E-state index >= 15 is 0 Å². The topological polar surface area (TPSA) is 56.0 Å². The Hall–Kier alpha value is -1.45. The average molecular weight is 140 g/mol. The second kappa shape index (κ2) is 2.43. The van der Waals surface area contributed by atoms with Gasteiger partial charge in [-0.2, -0.15) is 0 Å². The van der Waals surface area contributed by atoms with Gasteiger partial charge in [0.15, 0.2) is 6.29 Å². The van der Waals surface area contributed by atoms with E-state index in [4.69, 9.17) is 5.73 Å². The Morgan fingerprint density at radius 3 is 2.90 bits per heavy atom. The number of nitrogen functional groups attached to an aromatic ring is 1. The van der Waals surface area contributed by atoms with Gasteiger partial charge in [-0.3, -0.25) is 4.79 Å². The van der Waals surface area contributed by atoms with Crippen molar-refractivity contribution in [2.75, 3.05) is 5.73 Å². The Kier molecular flexibility index (Phi) is 1.62. The highest BCUT2D eigenvalue weighted by Gasteiger charge is 1.98. The molecule has 0 fully saturated rings. The fraction of sp³-hybridized carbons (Fsp3) is 0. The molecule has 1 heterocycles. The predicted molar refractivity (Wildman–Crippen MR) is 34.0 cm³/mol. The molecule has 4 heteroatoms. The van der Waals surface area contributed by atoms with Gasteiger partial charge >= 0.3 is 0 Å². The Morgan fingerprint density at radius 1 is 1.70 bits per heavy atom. The van der Waals surface area contributed by atoms with Crippen molar-refractivity contribution in [1.29, 1.82) is 0 Å². The van der Waals surface area contributed by atoms with Crippen molar-refractivity contribution in [2.24, 2.45) is 0 Å². The normalized spacial score (nSPS) is 9.30. The van der Waals surface area contributed by atoms with Crippen molar-refractivity contribution >= 4 is 12.0 Å². The second-order valence-corrected chi connectivity index (χ2v) is 1.75. The quantitative estimate of drug-likeness (QED) is 0.581. The summed E-state index contributed by atoms with van der Waals surface area (Å²) in [5.41, 5.74) is 5.33. The van der Waals surface area contributed by atoms with Gasteiger partial charge in [-0.25, -0.2) is 9.37 Å². The Labute approximate surface area is 56.7 Å². The molecule has 1 rings (SSSR count). The van der Waals surface area contributed by atoms with Crippen molar-refractivity contribution in [1.82, 2.24) is 4.98 Å². The van der Waals surface area contributed by atoms with Crippen LogP contribution in [-0.2, 0) is 0 Å². The van der Waals surface area contributed by atoms with E-state index in [1.54, 1.807) is 0 Å². The van der Waals surface area contributed by atoms with Gasteiger partial charge in [0.2, 0.25) is 0 Å². The minimum atomic E-state index is -0.539. The number of anilines is 1. The summed E-state index contributed by atoms with van der Waals surface area (Å²) in [4.78, 5) is 13.5. The molecule has 0 bridgehead atoms. The number of halogens is 1. The second-order valence-electron chi connectivity index (χ2n) is 1.75. The number of carbonyl (C=O) groups is 1.